The zero-order valence-electron chi connectivity index (χ0n) is 10.7. The SMILES string of the molecule is N#Cc1ccc(N2CC3CNCC3C2)cc1C(F)(F)F. The Hall–Kier alpha value is -1.74. The van der Waals surface area contributed by atoms with Crippen LogP contribution in [-0.4, -0.2) is 26.2 Å². The van der Waals surface area contributed by atoms with Crippen molar-refractivity contribution in [3.8, 4) is 6.07 Å². The van der Waals surface area contributed by atoms with Gasteiger partial charge in [-0.15, -0.1) is 0 Å². The van der Waals surface area contributed by atoms with Crippen LogP contribution in [-0.2, 0) is 6.18 Å². The first-order valence-electron chi connectivity index (χ1n) is 6.56. The van der Waals surface area contributed by atoms with Gasteiger partial charge in [0.25, 0.3) is 0 Å². The van der Waals surface area contributed by atoms with Crippen molar-refractivity contribution in [3.05, 3.63) is 29.3 Å². The number of halogens is 3. The Kier molecular flexibility index (Phi) is 3.09. The Morgan fingerprint density at radius 3 is 2.40 bits per heavy atom. The lowest BCUT2D eigenvalue weighted by Gasteiger charge is -2.21. The van der Waals surface area contributed by atoms with Crippen molar-refractivity contribution in [1.82, 2.24) is 5.32 Å². The van der Waals surface area contributed by atoms with Crippen molar-refractivity contribution in [2.24, 2.45) is 11.8 Å². The van der Waals surface area contributed by atoms with Crippen molar-refractivity contribution >= 4 is 5.69 Å². The molecule has 0 bridgehead atoms. The zero-order chi connectivity index (χ0) is 14.3. The van der Waals surface area contributed by atoms with Crippen LogP contribution in [0.1, 0.15) is 11.1 Å². The molecule has 2 saturated heterocycles. The van der Waals surface area contributed by atoms with Gasteiger partial charge in [0.15, 0.2) is 0 Å². The van der Waals surface area contributed by atoms with Gasteiger partial charge in [-0.05, 0) is 30.0 Å². The first-order valence-corrected chi connectivity index (χ1v) is 6.56. The second kappa shape index (κ2) is 4.67. The summed E-state index contributed by atoms with van der Waals surface area (Å²) in [4.78, 5) is 1.99. The first-order chi connectivity index (χ1) is 9.49. The molecule has 20 heavy (non-hydrogen) atoms. The summed E-state index contributed by atoms with van der Waals surface area (Å²) in [6, 6.07) is 5.60. The van der Waals surface area contributed by atoms with Gasteiger partial charge in [0.1, 0.15) is 0 Å². The molecule has 3 rings (SSSR count). The molecule has 0 aliphatic carbocycles. The van der Waals surface area contributed by atoms with E-state index in [0.717, 1.165) is 32.2 Å². The summed E-state index contributed by atoms with van der Waals surface area (Å²) in [7, 11) is 0. The molecule has 106 valence electrons. The van der Waals surface area contributed by atoms with Crippen molar-refractivity contribution in [2.45, 2.75) is 6.18 Å². The van der Waals surface area contributed by atoms with Crippen LogP contribution < -0.4 is 10.2 Å². The molecule has 2 fully saturated rings. The number of benzene rings is 1. The number of nitrogens with one attached hydrogen (secondary N) is 1. The van der Waals surface area contributed by atoms with Gasteiger partial charge in [-0.2, -0.15) is 18.4 Å². The zero-order valence-corrected chi connectivity index (χ0v) is 10.7. The van der Waals surface area contributed by atoms with Crippen LogP contribution in [0, 0.1) is 23.2 Å². The second-order valence-corrected chi connectivity index (χ2v) is 5.42. The van der Waals surface area contributed by atoms with E-state index in [-0.39, 0.29) is 5.56 Å². The summed E-state index contributed by atoms with van der Waals surface area (Å²) in [5, 5.41) is 12.1. The molecule has 0 aromatic heterocycles. The fourth-order valence-corrected chi connectivity index (χ4v) is 3.13. The molecule has 0 amide bonds. The third-order valence-corrected chi connectivity index (χ3v) is 4.18. The molecular weight excluding hydrogens is 267 g/mol. The van der Waals surface area contributed by atoms with Gasteiger partial charge in [-0.1, -0.05) is 0 Å². The summed E-state index contributed by atoms with van der Waals surface area (Å²) >= 11 is 0. The van der Waals surface area contributed by atoms with Crippen LogP contribution in [0.25, 0.3) is 0 Å². The number of fused-ring (bicyclic) bond motifs is 1. The standard InChI is InChI=1S/C14H14F3N3/c15-14(16,17)13-3-12(2-1-9(13)4-18)20-7-10-5-19-6-11(10)8-20/h1-3,10-11,19H,5-8H2. The van der Waals surface area contributed by atoms with Gasteiger partial charge in [0.2, 0.25) is 0 Å². The maximum absolute atomic E-state index is 13.0. The Morgan fingerprint density at radius 1 is 1.20 bits per heavy atom. The highest BCUT2D eigenvalue weighted by Crippen LogP contribution is 2.36. The van der Waals surface area contributed by atoms with Crippen molar-refractivity contribution in [3.63, 3.8) is 0 Å². The van der Waals surface area contributed by atoms with E-state index in [1.54, 1.807) is 12.1 Å². The Balaban J connectivity index is 1.90. The smallest absolute Gasteiger partial charge is 0.371 e. The minimum Gasteiger partial charge on any atom is -0.371 e. The topological polar surface area (TPSA) is 39.1 Å². The Bertz CT molecular complexity index is 550. The molecule has 6 heteroatoms. The minimum absolute atomic E-state index is 0.317. The van der Waals surface area contributed by atoms with Crippen LogP contribution >= 0.6 is 0 Å². The van der Waals surface area contributed by atoms with E-state index in [4.69, 9.17) is 5.26 Å². The fourth-order valence-electron chi connectivity index (χ4n) is 3.13. The molecule has 2 heterocycles. The quantitative estimate of drug-likeness (QED) is 0.858. The molecule has 3 nitrogen and oxygen atoms in total. The van der Waals surface area contributed by atoms with Crippen LogP contribution in [0.15, 0.2) is 18.2 Å². The lowest BCUT2D eigenvalue weighted by molar-refractivity contribution is -0.137. The summed E-state index contributed by atoms with van der Waals surface area (Å²) in [6.07, 6.45) is -4.49. The van der Waals surface area contributed by atoms with E-state index >= 15 is 0 Å². The minimum atomic E-state index is -4.49. The van der Waals surface area contributed by atoms with E-state index in [0.29, 0.717) is 17.5 Å². The number of hydrogen-bond donors (Lipinski definition) is 1. The maximum Gasteiger partial charge on any atom is 0.417 e. The molecule has 1 N–H and O–H groups in total. The number of anilines is 1. The highest BCUT2D eigenvalue weighted by Gasteiger charge is 2.38. The van der Waals surface area contributed by atoms with Crippen molar-refractivity contribution in [2.75, 3.05) is 31.1 Å². The van der Waals surface area contributed by atoms with E-state index < -0.39 is 11.7 Å². The molecule has 1 aromatic rings. The van der Waals surface area contributed by atoms with Crippen LogP contribution in [0.3, 0.4) is 0 Å². The average molecular weight is 281 g/mol. The Labute approximate surface area is 115 Å². The van der Waals surface area contributed by atoms with Gasteiger partial charge >= 0.3 is 6.18 Å². The van der Waals surface area contributed by atoms with Crippen molar-refractivity contribution in [1.29, 1.82) is 5.26 Å². The van der Waals surface area contributed by atoms with Gasteiger partial charge in [-0.25, -0.2) is 0 Å². The first kappa shape index (κ1) is 13.3. The summed E-state index contributed by atoms with van der Waals surface area (Å²) in [6.45, 7) is 3.43. The van der Waals surface area contributed by atoms with E-state index in [9.17, 15) is 13.2 Å². The van der Waals surface area contributed by atoms with Crippen LogP contribution in [0.4, 0.5) is 18.9 Å². The van der Waals surface area contributed by atoms with Gasteiger partial charge in [0, 0.05) is 31.9 Å². The predicted octanol–water partition coefficient (Wildman–Crippen LogP) is 2.23. The molecule has 0 radical (unpaired) electrons. The number of nitrogens with zero attached hydrogens (tertiary/aromatic N) is 2. The monoisotopic (exact) mass is 281 g/mol. The molecule has 1 aromatic carbocycles. The summed E-state index contributed by atoms with van der Waals surface area (Å²) < 4.78 is 38.9. The normalized spacial score (nSPS) is 25.6. The predicted molar refractivity (Wildman–Crippen MR) is 68.2 cm³/mol. The maximum atomic E-state index is 13.0. The number of nitriles is 1. The van der Waals surface area contributed by atoms with E-state index in [1.807, 2.05) is 4.90 Å². The lowest BCUT2D eigenvalue weighted by atomic mass is 10.0. The van der Waals surface area contributed by atoms with Gasteiger partial charge in [-0.3, -0.25) is 0 Å². The molecule has 2 aliphatic rings. The van der Waals surface area contributed by atoms with Crippen molar-refractivity contribution < 1.29 is 13.2 Å². The molecule has 0 saturated carbocycles. The lowest BCUT2D eigenvalue weighted by Crippen LogP contribution is -2.25. The molecule has 2 aliphatic heterocycles. The molecule has 2 unspecified atom stereocenters. The van der Waals surface area contributed by atoms with Crippen LogP contribution in [0.2, 0.25) is 0 Å². The third-order valence-electron chi connectivity index (χ3n) is 4.18. The molecule has 2 atom stereocenters. The summed E-state index contributed by atoms with van der Waals surface area (Å²) in [5.41, 5.74) is -0.597. The second-order valence-electron chi connectivity index (χ2n) is 5.42. The van der Waals surface area contributed by atoms with Gasteiger partial charge < -0.3 is 10.2 Å². The van der Waals surface area contributed by atoms with E-state index in [2.05, 4.69) is 5.32 Å². The third kappa shape index (κ3) is 2.22. The molecule has 0 spiro atoms. The summed E-state index contributed by atoms with van der Waals surface area (Å²) in [5.74, 6) is 1.03. The number of rotatable bonds is 1. The Morgan fingerprint density at radius 2 is 1.85 bits per heavy atom. The largest absolute Gasteiger partial charge is 0.417 e. The van der Waals surface area contributed by atoms with Gasteiger partial charge in [0.05, 0.1) is 17.2 Å². The van der Waals surface area contributed by atoms with E-state index in [1.165, 1.54) is 6.07 Å². The highest BCUT2D eigenvalue weighted by atomic mass is 19.4. The molecular formula is C14H14F3N3. The fraction of sp³-hybridized carbons (Fsp3) is 0.500. The number of alkyl halides is 3. The highest BCUT2D eigenvalue weighted by molar-refractivity contribution is 5.55. The number of hydrogen-bond acceptors (Lipinski definition) is 3. The van der Waals surface area contributed by atoms with Crippen LogP contribution in [0.5, 0.6) is 0 Å². The average Bonchev–Trinajstić information content (AvgIpc) is 2.97.